The predicted molar refractivity (Wildman–Crippen MR) is 72.7 cm³/mol. The molecule has 0 atom stereocenters. The van der Waals surface area contributed by atoms with Crippen LogP contribution in [-0.4, -0.2) is 29.2 Å². The van der Waals surface area contributed by atoms with Crippen molar-refractivity contribution >= 4 is 12.0 Å². The van der Waals surface area contributed by atoms with Crippen LogP contribution >= 0.6 is 0 Å². The minimum Gasteiger partial charge on any atom is -0.481 e. The third-order valence-corrected chi connectivity index (χ3v) is 3.39. The zero-order valence-corrected chi connectivity index (χ0v) is 11.4. The second-order valence-electron chi connectivity index (χ2n) is 4.97. The molecule has 19 heavy (non-hydrogen) atoms. The average Bonchev–Trinajstić information content (AvgIpc) is 2.34. The van der Waals surface area contributed by atoms with Gasteiger partial charge >= 0.3 is 12.0 Å². The summed E-state index contributed by atoms with van der Waals surface area (Å²) in [7, 11) is 0. The Morgan fingerprint density at radius 2 is 1.95 bits per heavy atom. The van der Waals surface area contributed by atoms with Crippen LogP contribution in [-0.2, 0) is 4.79 Å². The summed E-state index contributed by atoms with van der Waals surface area (Å²) in [5.41, 5.74) is -0.579. The van der Waals surface area contributed by atoms with E-state index in [1.807, 2.05) is 0 Å². The molecule has 1 fully saturated rings. The monoisotopic (exact) mass is 266 g/mol. The zero-order chi connectivity index (χ0) is 14.1. The number of hydrogen-bond donors (Lipinski definition) is 3. The lowest BCUT2D eigenvalue weighted by atomic mass is 9.79. The molecule has 0 unspecified atom stereocenters. The van der Waals surface area contributed by atoms with Crippen molar-refractivity contribution in [3.8, 4) is 11.8 Å². The van der Waals surface area contributed by atoms with Crippen molar-refractivity contribution in [2.45, 2.75) is 57.4 Å². The molecule has 2 amide bonds. The summed E-state index contributed by atoms with van der Waals surface area (Å²) in [6, 6.07) is -0.291. The minimum atomic E-state index is -0.862. The predicted octanol–water partition coefficient (Wildman–Crippen LogP) is 1.88. The lowest BCUT2D eigenvalue weighted by molar-refractivity contribution is -0.139. The van der Waals surface area contributed by atoms with E-state index in [9.17, 15) is 9.59 Å². The van der Waals surface area contributed by atoms with E-state index in [0.717, 1.165) is 32.1 Å². The van der Waals surface area contributed by atoms with Crippen LogP contribution in [0.1, 0.15) is 51.9 Å². The number of carboxylic acids is 1. The molecule has 0 radical (unpaired) electrons. The molecule has 0 aromatic heterocycles. The van der Waals surface area contributed by atoms with Crippen LogP contribution in [0, 0.1) is 11.8 Å². The van der Waals surface area contributed by atoms with Crippen molar-refractivity contribution < 1.29 is 14.7 Å². The van der Waals surface area contributed by atoms with Crippen LogP contribution in [0.15, 0.2) is 0 Å². The number of urea groups is 1. The van der Waals surface area contributed by atoms with Gasteiger partial charge in [-0.25, -0.2) is 4.79 Å². The van der Waals surface area contributed by atoms with E-state index in [-0.39, 0.29) is 12.5 Å². The molecule has 0 aliphatic heterocycles. The maximum absolute atomic E-state index is 11.8. The van der Waals surface area contributed by atoms with Crippen LogP contribution < -0.4 is 10.6 Å². The Balaban J connectivity index is 2.48. The van der Waals surface area contributed by atoms with Crippen LogP contribution in [0.4, 0.5) is 4.79 Å². The zero-order valence-electron chi connectivity index (χ0n) is 11.4. The molecule has 0 heterocycles. The van der Waals surface area contributed by atoms with Gasteiger partial charge in [0.1, 0.15) is 0 Å². The number of carboxylic acid groups (broad SMARTS) is 1. The molecule has 0 bridgehead atoms. The summed E-state index contributed by atoms with van der Waals surface area (Å²) in [5.74, 6) is 4.76. The fourth-order valence-corrected chi connectivity index (χ4v) is 2.51. The number of carbonyl (C=O) groups excluding carboxylic acids is 1. The van der Waals surface area contributed by atoms with E-state index in [1.54, 1.807) is 6.92 Å². The normalized spacial score (nSPS) is 16.9. The van der Waals surface area contributed by atoms with Crippen LogP contribution in [0.3, 0.4) is 0 Å². The van der Waals surface area contributed by atoms with Crippen LogP contribution in [0.5, 0.6) is 0 Å². The highest BCUT2D eigenvalue weighted by atomic mass is 16.4. The number of nitrogens with one attached hydrogen (secondary N) is 2. The van der Waals surface area contributed by atoms with Gasteiger partial charge in [0.15, 0.2) is 0 Å². The Kier molecular flexibility index (Phi) is 6.20. The maximum atomic E-state index is 11.8. The Hall–Kier alpha value is -1.70. The summed E-state index contributed by atoms with van der Waals surface area (Å²) in [4.78, 5) is 22.8. The molecule has 0 aromatic rings. The minimum absolute atomic E-state index is 0.00478. The highest BCUT2D eigenvalue weighted by Gasteiger charge is 2.35. The highest BCUT2D eigenvalue weighted by molar-refractivity contribution is 5.76. The van der Waals surface area contributed by atoms with Gasteiger partial charge in [0.2, 0.25) is 0 Å². The number of amides is 2. The van der Waals surface area contributed by atoms with Gasteiger partial charge in [-0.2, -0.15) is 0 Å². The van der Waals surface area contributed by atoms with Gasteiger partial charge in [0.25, 0.3) is 0 Å². The molecule has 5 heteroatoms. The van der Waals surface area contributed by atoms with Crippen molar-refractivity contribution in [1.29, 1.82) is 0 Å². The molecule has 3 N–H and O–H groups in total. The summed E-state index contributed by atoms with van der Waals surface area (Å²) in [6.45, 7) is 2.24. The highest BCUT2D eigenvalue weighted by Crippen LogP contribution is 2.31. The Morgan fingerprint density at radius 1 is 1.26 bits per heavy atom. The summed E-state index contributed by atoms with van der Waals surface area (Å²) in [6.07, 6.45) is 5.12. The summed E-state index contributed by atoms with van der Waals surface area (Å²) in [5, 5.41) is 14.6. The Bertz CT molecular complexity index is 376. The topological polar surface area (TPSA) is 78.4 Å². The number of rotatable bonds is 5. The van der Waals surface area contributed by atoms with Gasteiger partial charge in [-0.05, 0) is 19.8 Å². The second kappa shape index (κ2) is 7.67. The second-order valence-corrected chi connectivity index (χ2v) is 4.97. The number of carbonyl (C=O) groups is 2. The van der Waals surface area contributed by atoms with E-state index >= 15 is 0 Å². The molecule has 0 spiro atoms. The SMILES string of the molecule is CC#CCCNC(=O)NC1(CC(=O)O)CCCCC1. The van der Waals surface area contributed by atoms with E-state index in [0.29, 0.717) is 13.0 Å². The van der Waals surface area contributed by atoms with Gasteiger partial charge in [-0.1, -0.05) is 19.3 Å². The van der Waals surface area contributed by atoms with Gasteiger partial charge in [-0.15, -0.1) is 11.8 Å². The fourth-order valence-electron chi connectivity index (χ4n) is 2.51. The van der Waals surface area contributed by atoms with E-state index in [1.165, 1.54) is 0 Å². The molecule has 1 rings (SSSR count). The van der Waals surface area contributed by atoms with Crippen molar-refractivity contribution in [3.63, 3.8) is 0 Å². The van der Waals surface area contributed by atoms with E-state index in [4.69, 9.17) is 5.11 Å². The largest absolute Gasteiger partial charge is 0.481 e. The Morgan fingerprint density at radius 3 is 2.53 bits per heavy atom. The molecule has 1 saturated carbocycles. The molecular formula is C14H22N2O3. The standard InChI is InChI=1S/C14H22N2O3/c1-2-3-7-10-15-13(19)16-14(11-12(17)18)8-5-4-6-9-14/h4-11H2,1H3,(H,17,18)(H2,15,16,19). The smallest absolute Gasteiger partial charge is 0.315 e. The van der Waals surface area contributed by atoms with E-state index < -0.39 is 11.5 Å². The molecule has 0 aromatic carbocycles. The quantitative estimate of drug-likeness (QED) is 0.525. The number of aliphatic carboxylic acids is 1. The summed E-state index contributed by atoms with van der Waals surface area (Å²) >= 11 is 0. The molecule has 1 aliphatic rings. The first-order valence-electron chi connectivity index (χ1n) is 6.75. The van der Waals surface area contributed by atoms with E-state index in [2.05, 4.69) is 22.5 Å². The molecule has 0 saturated heterocycles. The molecule has 5 nitrogen and oxygen atoms in total. The molecule has 106 valence electrons. The lowest BCUT2D eigenvalue weighted by Crippen LogP contribution is -2.54. The van der Waals surface area contributed by atoms with Crippen LogP contribution in [0.2, 0.25) is 0 Å². The van der Waals surface area contributed by atoms with Crippen molar-refractivity contribution in [1.82, 2.24) is 10.6 Å². The Labute approximate surface area is 114 Å². The van der Waals surface area contributed by atoms with Crippen molar-refractivity contribution in [2.75, 3.05) is 6.54 Å². The first kappa shape index (κ1) is 15.4. The van der Waals surface area contributed by atoms with Gasteiger partial charge in [0, 0.05) is 13.0 Å². The lowest BCUT2D eigenvalue weighted by Gasteiger charge is -2.36. The first-order valence-corrected chi connectivity index (χ1v) is 6.75. The van der Waals surface area contributed by atoms with Gasteiger partial charge in [-0.3, -0.25) is 4.79 Å². The molecule has 1 aliphatic carbocycles. The molecular weight excluding hydrogens is 244 g/mol. The van der Waals surface area contributed by atoms with Crippen molar-refractivity contribution in [2.24, 2.45) is 0 Å². The first-order chi connectivity index (χ1) is 9.08. The van der Waals surface area contributed by atoms with Gasteiger partial charge < -0.3 is 15.7 Å². The van der Waals surface area contributed by atoms with Crippen molar-refractivity contribution in [3.05, 3.63) is 0 Å². The third kappa shape index (κ3) is 5.64. The maximum Gasteiger partial charge on any atom is 0.315 e. The third-order valence-electron chi connectivity index (χ3n) is 3.39. The van der Waals surface area contributed by atoms with Gasteiger partial charge in [0.05, 0.1) is 12.0 Å². The van der Waals surface area contributed by atoms with Crippen LogP contribution in [0.25, 0.3) is 0 Å². The average molecular weight is 266 g/mol. The fraction of sp³-hybridized carbons (Fsp3) is 0.714. The number of hydrogen-bond acceptors (Lipinski definition) is 2. The summed E-state index contributed by atoms with van der Waals surface area (Å²) < 4.78 is 0.